The first-order chi connectivity index (χ1) is 9.56. The van der Waals surface area contributed by atoms with Gasteiger partial charge in [0.2, 0.25) is 0 Å². The number of hydrogen-bond donors (Lipinski definition) is 2. The lowest BCUT2D eigenvalue weighted by Crippen LogP contribution is -2.18. The topological polar surface area (TPSA) is 53.1 Å². The molecule has 0 aromatic carbocycles. The van der Waals surface area contributed by atoms with E-state index in [9.17, 15) is 0 Å². The van der Waals surface area contributed by atoms with E-state index in [4.69, 9.17) is 0 Å². The lowest BCUT2D eigenvalue weighted by atomic mass is 10.0. The molecule has 5 nitrogen and oxygen atoms in total. The Hall–Kier alpha value is -1.36. The first kappa shape index (κ1) is 16.7. The summed E-state index contributed by atoms with van der Waals surface area (Å²) in [6.45, 7) is 9.47. The minimum absolute atomic E-state index is 0.395. The number of anilines is 2. The third-order valence-corrected chi connectivity index (χ3v) is 3.08. The predicted octanol–water partition coefficient (Wildman–Crippen LogP) is 2.79. The van der Waals surface area contributed by atoms with Crippen LogP contribution in [0.15, 0.2) is 6.33 Å². The SMILES string of the molecule is CCCNc1ncnc(NCCCN(C)C)c1C(C)C. The molecule has 1 heterocycles. The van der Waals surface area contributed by atoms with E-state index < -0.39 is 0 Å². The summed E-state index contributed by atoms with van der Waals surface area (Å²) in [5.41, 5.74) is 1.19. The van der Waals surface area contributed by atoms with Crippen LogP contribution in [0.5, 0.6) is 0 Å². The van der Waals surface area contributed by atoms with Crippen LogP contribution in [-0.4, -0.2) is 48.6 Å². The van der Waals surface area contributed by atoms with Crippen molar-refractivity contribution in [3.8, 4) is 0 Å². The Morgan fingerprint density at radius 3 is 2.20 bits per heavy atom. The summed E-state index contributed by atoms with van der Waals surface area (Å²) in [5, 5.41) is 6.84. The van der Waals surface area contributed by atoms with Gasteiger partial charge >= 0.3 is 0 Å². The molecular formula is C15H29N5. The number of hydrogen-bond acceptors (Lipinski definition) is 5. The van der Waals surface area contributed by atoms with Gasteiger partial charge in [0.05, 0.1) is 0 Å². The molecule has 0 aliphatic heterocycles. The van der Waals surface area contributed by atoms with E-state index in [1.165, 1.54) is 5.56 Å². The smallest absolute Gasteiger partial charge is 0.134 e. The third-order valence-electron chi connectivity index (χ3n) is 3.08. The molecule has 0 spiro atoms. The molecule has 0 fully saturated rings. The van der Waals surface area contributed by atoms with Crippen LogP contribution in [0.25, 0.3) is 0 Å². The maximum atomic E-state index is 4.41. The van der Waals surface area contributed by atoms with Gasteiger partial charge in [-0.25, -0.2) is 9.97 Å². The summed E-state index contributed by atoms with van der Waals surface area (Å²) in [7, 11) is 4.19. The van der Waals surface area contributed by atoms with Crippen molar-refractivity contribution in [2.24, 2.45) is 0 Å². The molecule has 2 N–H and O–H groups in total. The summed E-state index contributed by atoms with van der Waals surface area (Å²) < 4.78 is 0. The lowest BCUT2D eigenvalue weighted by molar-refractivity contribution is 0.405. The number of aromatic nitrogens is 2. The Labute approximate surface area is 123 Å². The second-order valence-corrected chi connectivity index (χ2v) is 5.65. The maximum Gasteiger partial charge on any atom is 0.134 e. The van der Waals surface area contributed by atoms with Crippen molar-refractivity contribution < 1.29 is 0 Å². The first-order valence-electron chi connectivity index (χ1n) is 7.53. The van der Waals surface area contributed by atoms with E-state index in [1.54, 1.807) is 6.33 Å². The van der Waals surface area contributed by atoms with Gasteiger partial charge in [0.25, 0.3) is 0 Å². The minimum Gasteiger partial charge on any atom is -0.370 e. The van der Waals surface area contributed by atoms with Gasteiger partial charge in [0.1, 0.15) is 18.0 Å². The summed E-state index contributed by atoms with van der Waals surface area (Å²) in [6.07, 6.45) is 3.83. The normalized spacial score (nSPS) is 11.2. The third kappa shape index (κ3) is 5.33. The van der Waals surface area contributed by atoms with Gasteiger partial charge in [-0.2, -0.15) is 0 Å². The molecule has 0 radical (unpaired) electrons. The van der Waals surface area contributed by atoms with Crippen LogP contribution < -0.4 is 10.6 Å². The Morgan fingerprint density at radius 2 is 1.70 bits per heavy atom. The molecule has 0 amide bonds. The van der Waals surface area contributed by atoms with Gasteiger partial charge in [-0.05, 0) is 39.4 Å². The zero-order valence-electron chi connectivity index (χ0n) is 13.5. The minimum atomic E-state index is 0.395. The van der Waals surface area contributed by atoms with E-state index in [0.29, 0.717) is 5.92 Å². The van der Waals surface area contributed by atoms with Crippen molar-refractivity contribution in [3.05, 3.63) is 11.9 Å². The molecule has 1 rings (SSSR count). The van der Waals surface area contributed by atoms with Crippen LogP contribution >= 0.6 is 0 Å². The van der Waals surface area contributed by atoms with Crippen LogP contribution in [0.2, 0.25) is 0 Å². The molecule has 5 heteroatoms. The van der Waals surface area contributed by atoms with Gasteiger partial charge in [-0.1, -0.05) is 20.8 Å². The quantitative estimate of drug-likeness (QED) is 0.681. The van der Waals surface area contributed by atoms with Gasteiger partial charge in [0, 0.05) is 18.7 Å². The fraction of sp³-hybridized carbons (Fsp3) is 0.733. The van der Waals surface area contributed by atoms with Crippen LogP contribution in [0.1, 0.15) is 45.1 Å². The van der Waals surface area contributed by atoms with Crippen molar-refractivity contribution >= 4 is 11.6 Å². The molecule has 1 aromatic rings. The molecule has 20 heavy (non-hydrogen) atoms. The van der Waals surface area contributed by atoms with Gasteiger partial charge in [-0.3, -0.25) is 0 Å². The highest BCUT2D eigenvalue weighted by Gasteiger charge is 2.14. The number of rotatable bonds is 9. The molecular weight excluding hydrogens is 250 g/mol. The molecule has 114 valence electrons. The monoisotopic (exact) mass is 279 g/mol. The van der Waals surface area contributed by atoms with Gasteiger partial charge in [0.15, 0.2) is 0 Å². The standard InChI is InChI=1S/C15H29N5/c1-6-8-16-14-13(12(2)3)15(19-11-18-14)17-9-7-10-20(4)5/h11-12H,6-10H2,1-5H3,(H2,16,17,18,19). The van der Waals surface area contributed by atoms with E-state index >= 15 is 0 Å². The van der Waals surface area contributed by atoms with Crippen molar-refractivity contribution in [2.75, 3.05) is 44.4 Å². The molecule has 0 aliphatic carbocycles. The second kappa shape index (κ2) is 8.74. The lowest BCUT2D eigenvalue weighted by Gasteiger charge is -2.18. The van der Waals surface area contributed by atoms with E-state index in [2.05, 4.69) is 60.4 Å². The number of nitrogens with one attached hydrogen (secondary N) is 2. The largest absolute Gasteiger partial charge is 0.370 e. The molecule has 0 aliphatic rings. The summed E-state index contributed by atoms with van der Waals surface area (Å²) in [6, 6.07) is 0. The summed E-state index contributed by atoms with van der Waals surface area (Å²) >= 11 is 0. The van der Waals surface area contributed by atoms with Gasteiger partial charge < -0.3 is 15.5 Å². The molecule has 0 unspecified atom stereocenters. The molecule has 1 aromatic heterocycles. The molecule has 0 saturated carbocycles. The highest BCUT2D eigenvalue weighted by molar-refractivity contribution is 5.58. The van der Waals surface area contributed by atoms with Crippen molar-refractivity contribution in [3.63, 3.8) is 0 Å². The first-order valence-corrected chi connectivity index (χ1v) is 7.53. The second-order valence-electron chi connectivity index (χ2n) is 5.65. The fourth-order valence-corrected chi connectivity index (χ4v) is 2.07. The van der Waals surface area contributed by atoms with E-state index in [0.717, 1.165) is 44.1 Å². The van der Waals surface area contributed by atoms with Crippen LogP contribution in [0.4, 0.5) is 11.6 Å². The average molecular weight is 279 g/mol. The zero-order chi connectivity index (χ0) is 15.0. The van der Waals surface area contributed by atoms with E-state index in [1.807, 2.05) is 0 Å². The fourth-order valence-electron chi connectivity index (χ4n) is 2.07. The Balaban J connectivity index is 2.73. The summed E-state index contributed by atoms with van der Waals surface area (Å²) in [4.78, 5) is 11.0. The molecule has 0 atom stereocenters. The summed E-state index contributed by atoms with van der Waals surface area (Å²) in [5.74, 6) is 2.33. The highest BCUT2D eigenvalue weighted by atomic mass is 15.1. The molecule has 0 saturated heterocycles. The van der Waals surface area contributed by atoms with E-state index in [-0.39, 0.29) is 0 Å². The van der Waals surface area contributed by atoms with Gasteiger partial charge in [-0.15, -0.1) is 0 Å². The Kier molecular flexibility index (Phi) is 7.30. The molecule has 0 bridgehead atoms. The van der Waals surface area contributed by atoms with Crippen LogP contribution in [0, 0.1) is 0 Å². The van der Waals surface area contributed by atoms with Crippen molar-refractivity contribution in [1.29, 1.82) is 0 Å². The van der Waals surface area contributed by atoms with Crippen molar-refractivity contribution in [1.82, 2.24) is 14.9 Å². The van der Waals surface area contributed by atoms with Crippen LogP contribution in [0.3, 0.4) is 0 Å². The zero-order valence-corrected chi connectivity index (χ0v) is 13.5. The Bertz CT molecular complexity index is 390. The van der Waals surface area contributed by atoms with Crippen molar-refractivity contribution in [2.45, 2.75) is 39.5 Å². The van der Waals surface area contributed by atoms with Crippen LogP contribution in [-0.2, 0) is 0 Å². The Morgan fingerprint density at radius 1 is 1.10 bits per heavy atom. The predicted molar refractivity (Wildman–Crippen MR) is 86.6 cm³/mol. The number of nitrogens with zero attached hydrogens (tertiary/aromatic N) is 3. The average Bonchev–Trinajstić information content (AvgIpc) is 2.40. The highest BCUT2D eigenvalue weighted by Crippen LogP contribution is 2.28. The maximum absolute atomic E-state index is 4.41.